The molecule has 0 N–H and O–H groups in total. The second kappa shape index (κ2) is 6.81. The van der Waals surface area contributed by atoms with Gasteiger partial charge in [0.05, 0.1) is 13.2 Å². The van der Waals surface area contributed by atoms with Gasteiger partial charge in [0.15, 0.2) is 17.6 Å². The van der Waals surface area contributed by atoms with E-state index in [-0.39, 0.29) is 6.10 Å². The van der Waals surface area contributed by atoms with E-state index < -0.39 is 5.24 Å². The monoisotopic (exact) mass is 318 g/mol. The summed E-state index contributed by atoms with van der Waals surface area (Å²) in [5.41, 5.74) is 1.49. The summed E-state index contributed by atoms with van der Waals surface area (Å²) in [6.07, 6.45) is -0.211. The van der Waals surface area contributed by atoms with Gasteiger partial charge < -0.3 is 14.2 Å². The lowest BCUT2D eigenvalue weighted by atomic mass is 10.2. The van der Waals surface area contributed by atoms with E-state index in [9.17, 15) is 4.79 Å². The smallest absolute Gasteiger partial charge is 0.252 e. The maximum Gasteiger partial charge on any atom is 0.252 e. The highest BCUT2D eigenvalue weighted by atomic mass is 35.5. The normalized spacial score (nSPS) is 16.3. The van der Waals surface area contributed by atoms with Crippen molar-refractivity contribution < 1.29 is 19.0 Å². The summed E-state index contributed by atoms with van der Waals surface area (Å²) in [5, 5.41) is -0.520. The molecule has 0 fully saturated rings. The van der Waals surface area contributed by atoms with Gasteiger partial charge in [0, 0.05) is 5.56 Å². The van der Waals surface area contributed by atoms with Gasteiger partial charge in [0.25, 0.3) is 5.24 Å². The van der Waals surface area contributed by atoms with Crippen molar-refractivity contribution in [3.63, 3.8) is 0 Å². The minimum atomic E-state index is -0.520. The molecule has 2 aromatic carbocycles. The average molecular weight is 319 g/mol. The van der Waals surface area contributed by atoms with E-state index in [4.69, 9.17) is 25.8 Å². The predicted molar refractivity (Wildman–Crippen MR) is 82.6 cm³/mol. The third kappa shape index (κ3) is 3.59. The van der Waals surface area contributed by atoms with Crippen LogP contribution in [0.1, 0.15) is 15.9 Å². The summed E-state index contributed by atoms with van der Waals surface area (Å²) >= 11 is 5.47. The fourth-order valence-electron chi connectivity index (χ4n) is 2.20. The van der Waals surface area contributed by atoms with E-state index in [0.717, 1.165) is 5.56 Å². The number of ether oxygens (including phenoxy) is 3. The molecule has 4 nitrogen and oxygen atoms in total. The van der Waals surface area contributed by atoms with Gasteiger partial charge in [-0.3, -0.25) is 4.79 Å². The molecule has 1 aliphatic rings. The number of carbonyl (C=O) groups excluding carboxylic acids is 1. The van der Waals surface area contributed by atoms with Crippen LogP contribution in [0.3, 0.4) is 0 Å². The minimum Gasteiger partial charge on any atom is -0.486 e. The molecule has 1 aliphatic heterocycles. The summed E-state index contributed by atoms with van der Waals surface area (Å²) < 4.78 is 17.1. The van der Waals surface area contributed by atoms with Gasteiger partial charge in [0.1, 0.15) is 6.61 Å². The van der Waals surface area contributed by atoms with Crippen LogP contribution < -0.4 is 9.47 Å². The molecule has 3 rings (SSSR count). The van der Waals surface area contributed by atoms with Gasteiger partial charge in [-0.05, 0) is 35.4 Å². The molecule has 1 heterocycles. The quantitative estimate of drug-likeness (QED) is 0.792. The van der Waals surface area contributed by atoms with Crippen LogP contribution >= 0.6 is 11.6 Å². The summed E-state index contributed by atoms with van der Waals surface area (Å²) in [6, 6.07) is 14.8. The van der Waals surface area contributed by atoms with Gasteiger partial charge >= 0.3 is 0 Å². The molecule has 0 saturated carbocycles. The summed E-state index contributed by atoms with van der Waals surface area (Å²) in [5.74, 6) is 1.13. The lowest BCUT2D eigenvalue weighted by Gasteiger charge is -2.26. The van der Waals surface area contributed by atoms with Crippen LogP contribution in [0, 0.1) is 0 Å². The molecule has 1 atom stereocenters. The highest BCUT2D eigenvalue weighted by Crippen LogP contribution is 2.33. The molecule has 0 amide bonds. The molecule has 0 radical (unpaired) electrons. The Hall–Kier alpha value is -2.04. The fourth-order valence-corrected chi connectivity index (χ4v) is 2.32. The lowest BCUT2D eigenvalue weighted by molar-refractivity contribution is 0.00268. The van der Waals surface area contributed by atoms with Crippen molar-refractivity contribution in [2.75, 3.05) is 13.2 Å². The summed E-state index contributed by atoms with van der Waals surface area (Å²) in [7, 11) is 0. The molecular weight excluding hydrogens is 304 g/mol. The first-order chi connectivity index (χ1) is 10.7. The number of carbonyl (C=O) groups is 1. The number of fused-ring (bicyclic) bond motifs is 1. The van der Waals surface area contributed by atoms with E-state index in [2.05, 4.69) is 0 Å². The van der Waals surface area contributed by atoms with E-state index in [1.54, 1.807) is 18.2 Å². The zero-order valence-electron chi connectivity index (χ0n) is 11.8. The van der Waals surface area contributed by atoms with Crippen LogP contribution in [0.4, 0.5) is 0 Å². The molecule has 0 aromatic heterocycles. The molecule has 22 heavy (non-hydrogen) atoms. The Balaban J connectivity index is 1.57. The van der Waals surface area contributed by atoms with Crippen LogP contribution in [-0.4, -0.2) is 24.6 Å². The van der Waals surface area contributed by atoms with Crippen molar-refractivity contribution in [2.24, 2.45) is 0 Å². The van der Waals surface area contributed by atoms with Crippen LogP contribution in [0.5, 0.6) is 11.5 Å². The zero-order valence-corrected chi connectivity index (χ0v) is 12.6. The molecular formula is C17H15ClO4. The number of rotatable bonds is 5. The Kier molecular flexibility index (Phi) is 4.61. The lowest BCUT2D eigenvalue weighted by Crippen LogP contribution is -2.33. The maximum atomic E-state index is 11.2. The Morgan fingerprint density at radius 1 is 1.18 bits per heavy atom. The molecule has 0 aliphatic carbocycles. The summed E-state index contributed by atoms with van der Waals surface area (Å²) in [6.45, 7) is 1.34. The van der Waals surface area contributed by atoms with Gasteiger partial charge in [-0.2, -0.15) is 0 Å². The van der Waals surface area contributed by atoms with Gasteiger partial charge in [-0.25, -0.2) is 0 Å². The standard InChI is InChI=1S/C17H15ClO4/c18-17(19)13-6-7-15-16(8-13)22-14(11-21-15)10-20-9-12-4-2-1-3-5-12/h1-8,14H,9-11H2. The van der Waals surface area contributed by atoms with Crippen LogP contribution in [0.2, 0.25) is 0 Å². The summed E-state index contributed by atoms with van der Waals surface area (Å²) in [4.78, 5) is 11.2. The van der Waals surface area contributed by atoms with E-state index in [1.165, 1.54) is 0 Å². The topological polar surface area (TPSA) is 44.8 Å². The SMILES string of the molecule is O=C(Cl)c1ccc2c(c1)OC(COCc1ccccc1)CO2. The van der Waals surface area contributed by atoms with Crippen LogP contribution in [-0.2, 0) is 11.3 Å². The van der Waals surface area contributed by atoms with Crippen molar-refractivity contribution in [2.45, 2.75) is 12.7 Å². The Bertz CT molecular complexity index is 657. The first-order valence-electron chi connectivity index (χ1n) is 6.97. The molecule has 0 spiro atoms. The van der Waals surface area contributed by atoms with Gasteiger partial charge in [-0.15, -0.1) is 0 Å². The molecule has 0 saturated heterocycles. The number of hydrogen-bond acceptors (Lipinski definition) is 4. The van der Waals surface area contributed by atoms with Crippen molar-refractivity contribution >= 4 is 16.8 Å². The second-order valence-corrected chi connectivity index (χ2v) is 5.33. The average Bonchev–Trinajstić information content (AvgIpc) is 2.55. The van der Waals surface area contributed by atoms with Gasteiger partial charge in [-0.1, -0.05) is 30.3 Å². The van der Waals surface area contributed by atoms with Gasteiger partial charge in [0.2, 0.25) is 0 Å². The number of halogens is 1. The molecule has 114 valence electrons. The molecule has 0 bridgehead atoms. The Morgan fingerprint density at radius 2 is 2.00 bits per heavy atom. The number of benzene rings is 2. The van der Waals surface area contributed by atoms with E-state index >= 15 is 0 Å². The minimum absolute atomic E-state index is 0.211. The van der Waals surface area contributed by atoms with Crippen molar-refractivity contribution in [1.29, 1.82) is 0 Å². The Labute approximate surface area is 133 Å². The molecule has 2 aromatic rings. The van der Waals surface area contributed by atoms with Crippen molar-refractivity contribution in [3.8, 4) is 11.5 Å². The third-order valence-electron chi connectivity index (χ3n) is 3.30. The first kappa shape index (κ1) is 14.9. The largest absolute Gasteiger partial charge is 0.486 e. The molecule has 1 unspecified atom stereocenters. The molecule has 5 heteroatoms. The fraction of sp³-hybridized carbons (Fsp3) is 0.235. The number of hydrogen-bond donors (Lipinski definition) is 0. The second-order valence-electron chi connectivity index (χ2n) is 4.99. The van der Waals surface area contributed by atoms with E-state index in [1.807, 2.05) is 30.3 Å². The predicted octanol–water partition coefficient (Wildman–Crippen LogP) is 3.42. The highest BCUT2D eigenvalue weighted by Gasteiger charge is 2.22. The van der Waals surface area contributed by atoms with Crippen molar-refractivity contribution in [3.05, 3.63) is 59.7 Å². The van der Waals surface area contributed by atoms with E-state index in [0.29, 0.717) is 36.9 Å². The van der Waals surface area contributed by atoms with Crippen LogP contribution in [0.25, 0.3) is 0 Å². The van der Waals surface area contributed by atoms with Crippen LogP contribution in [0.15, 0.2) is 48.5 Å². The third-order valence-corrected chi connectivity index (χ3v) is 3.52. The highest BCUT2D eigenvalue weighted by molar-refractivity contribution is 6.67. The first-order valence-corrected chi connectivity index (χ1v) is 7.35. The Morgan fingerprint density at radius 3 is 2.77 bits per heavy atom. The van der Waals surface area contributed by atoms with Crippen molar-refractivity contribution in [1.82, 2.24) is 0 Å². The maximum absolute atomic E-state index is 11.2. The zero-order chi connectivity index (χ0) is 15.4.